The lowest BCUT2D eigenvalue weighted by atomic mass is 10.3. The van der Waals surface area contributed by atoms with Crippen LogP contribution in [0.4, 0.5) is 0 Å². The number of hydrogen-bond acceptors (Lipinski definition) is 4. The van der Waals surface area contributed by atoms with E-state index in [1.54, 1.807) is 12.1 Å². The van der Waals surface area contributed by atoms with Crippen LogP contribution < -0.4 is 4.74 Å². The van der Waals surface area contributed by atoms with E-state index in [4.69, 9.17) is 15.4 Å². The number of fused-ring (bicyclic) bond motifs is 2. The van der Waals surface area contributed by atoms with Crippen molar-refractivity contribution in [3.8, 4) is 5.75 Å². The lowest BCUT2D eigenvalue weighted by molar-refractivity contribution is -0.114. The molecule has 0 amide bonds. The molecule has 3 rings (SSSR count). The third-order valence-electron chi connectivity index (χ3n) is 2.75. The van der Waals surface area contributed by atoms with E-state index in [0.29, 0.717) is 5.75 Å². The van der Waals surface area contributed by atoms with Gasteiger partial charge in [-0.3, -0.25) is 0 Å². The number of carbonyl (C=O) groups is 1. The lowest BCUT2D eigenvalue weighted by Crippen LogP contribution is -1.91. The Hall–Kier alpha value is -1.85. The zero-order valence-electron chi connectivity index (χ0n) is 13.2. The molecule has 0 N–H and O–H groups in total. The summed E-state index contributed by atoms with van der Waals surface area (Å²) in [6, 6.07) is 5.98. The fraction of sp³-hybridized carbons (Fsp3) is 0.235. The van der Waals surface area contributed by atoms with Gasteiger partial charge in [0.05, 0.1) is 12.0 Å². The van der Waals surface area contributed by atoms with Crippen molar-refractivity contribution in [3.63, 3.8) is 0 Å². The second-order valence-electron chi connectivity index (χ2n) is 5.02. The van der Waals surface area contributed by atoms with E-state index < -0.39 is 9.05 Å². The summed E-state index contributed by atoms with van der Waals surface area (Å²) in [4.78, 5) is 9.49. The van der Waals surface area contributed by atoms with Crippen LogP contribution in [0.5, 0.6) is 5.75 Å². The average molecular weight is 355 g/mol. The lowest BCUT2D eigenvalue weighted by Gasteiger charge is -2.00. The normalized spacial score (nSPS) is 13.9. The van der Waals surface area contributed by atoms with Crippen LogP contribution in [-0.4, -0.2) is 21.3 Å². The Labute approximate surface area is 141 Å². The molecule has 124 valence electrons. The number of halogens is 1. The van der Waals surface area contributed by atoms with Crippen molar-refractivity contribution >= 4 is 25.5 Å². The molecule has 1 aromatic rings. The monoisotopic (exact) mass is 354 g/mol. The van der Waals surface area contributed by atoms with Crippen LogP contribution in [0, 0.1) is 0 Å². The smallest absolute Gasteiger partial charge is 0.261 e. The van der Waals surface area contributed by atoms with Crippen LogP contribution in [0.3, 0.4) is 0 Å². The number of methoxy groups -OCH3 is 1. The fourth-order valence-electron chi connectivity index (χ4n) is 1.76. The van der Waals surface area contributed by atoms with Crippen LogP contribution in [0.15, 0.2) is 64.6 Å². The maximum Gasteiger partial charge on any atom is 0.261 e. The van der Waals surface area contributed by atoms with Crippen molar-refractivity contribution in [2.24, 2.45) is 0 Å². The summed E-state index contributed by atoms with van der Waals surface area (Å²) < 4.78 is 26.4. The van der Waals surface area contributed by atoms with E-state index in [-0.39, 0.29) is 10.7 Å². The number of benzene rings is 1. The number of ketones is 1. The minimum absolute atomic E-state index is 0.0449. The predicted octanol–water partition coefficient (Wildman–Crippen LogP) is 4.03. The Morgan fingerprint density at radius 3 is 1.96 bits per heavy atom. The summed E-state index contributed by atoms with van der Waals surface area (Å²) in [5, 5.41) is 0. The van der Waals surface area contributed by atoms with Gasteiger partial charge in [0.25, 0.3) is 9.05 Å². The highest BCUT2D eigenvalue weighted by molar-refractivity contribution is 8.13. The summed E-state index contributed by atoms with van der Waals surface area (Å²) in [5.74, 6) is 0.636. The molecule has 0 aliphatic heterocycles. The van der Waals surface area contributed by atoms with Crippen LogP contribution in [0.1, 0.15) is 20.3 Å². The first kappa shape index (κ1) is 19.2. The van der Waals surface area contributed by atoms with Gasteiger partial charge >= 0.3 is 0 Å². The second kappa shape index (κ2) is 8.70. The van der Waals surface area contributed by atoms with Gasteiger partial charge in [-0.15, -0.1) is 0 Å². The standard InChI is InChI=1S/C7H7ClO3S.C7H6.C3H6O/c1-11-6-3-2-4-7(5-6)12(8,9)10;1-2-7-4-3-6(1)5-7;1-3(2)4/h2-5H,1H3;1-4H,5H2;1-2H3. The van der Waals surface area contributed by atoms with E-state index >= 15 is 0 Å². The summed E-state index contributed by atoms with van der Waals surface area (Å²) >= 11 is 0. The Bertz CT molecular complexity index is 735. The molecule has 0 atom stereocenters. The summed E-state index contributed by atoms with van der Waals surface area (Å²) in [7, 11) is 2.92. The zero-order valence-corrected chi connectivity index (χ0v) is 14.8. The molecular formula is C17H19ClO4S. The van der Waals surface area contributed by atoms with Gasteiger partial charge in [-0.2, -0.15) is 0 Å². The fourth-order valence-corrected chi connectivity index (χ4v) is 2.55. The Morgan fingerprint density at radius 1 is 1.13 bits per heavy atom. The average Bonchev–Trinajstić information content (AvgIpc) is 3.12. The third-order valence-corrected chi connectivity index (χ3v) is 4.11. The molecule has 6 heteroatoms. The van der Waals surface area contributed by atoms with Crippen LogP contribution in [0.2, 0.25) is 0 Å². The molecule has 0 fully saturated rings. The van der Waals surface area contributed by atoms with Gasteiger partial charge in [-0.1, -0.05) is 30.4 Å². The van der Waals surface area contributed by atoms with E-state index in [1.807, 2.05) is 0 Å². The van der Waals surface area contributed by atoms with Gasteiger partial charge in [-0.05, 0) is 43.5 Å². The molecule has 0 saturated carbocycles. The predicted molar refractivity (Wildman–Crippen MR) is 92.3 cm³/mol. The number of allylic oxidation sites excluding steroid dienone is 6. The second-order valence-corrected chi connectivity index (χ2v) is 7.58. The maximum atomic E-state index is 10.8. The highest BCUT2D eigenvalue weighted by Crippen LogP contribution is 2.27. The van der Waals surface area contributed by atoms with E-state index in [1.165, 1.54) is 50.7 Å². The SMILES string of the molecule is C1=CC2=CC=C1C2.CC(C)=O.COc1cccc(S(=O)(=O)Cl)c1. The number of Topliss-reactive ketones (excluding diaryl/α,β-unsaturated/α-hetero) is 1. The minimum Gasteiger partial charge on any atom is -0.497 e. The van der Waals surface area contributed by atoms with Gasteiger partial charge in [-0.25, -0.2) is 8.42 Å². The third kappa shape index (κ3) is 7.30. The van der Waals surface area contributed by atoms with Gasteiger partial charge in [0, 0.05) is 16.7 Å². The van der Waals surface area contributed by atoms with Crippen molar-refractivity contribution < 1.29 is 17.9 Å². The number of rotatable bonds is 2. The number of ether oxygens (including phenoxy) is 1. The molecule has 2 aliphatic rings. The first-order valence-corrected chi connectivity index (χ1v) is 9.17. The van der Waals surface area contributed by atoms with Crippen molar-refractivity contribution in [2.45, 2.75) is 25.2 Å². The van der Waals surface area contributed by atoms with Crippen LogP contribution >= 0.6 is 10.7 Å². The topological polar surface area (TPSA) is 60.4 Å². The largest absolute Gasteiger partial charge is 0.497 e. The quantitative estimate of drug-likeness (QED) is 0.752. The van der Waals surface area contributed by atoms with E-state index in [0.717, 1.165) is 0 Å². The number of hydrogen-bond donors (Lipinski definition) is 0. The molecule has 23 heavy (non-hydrogen) atoms. The van der Waals surface area contributed by atoms with E-state index in [2.05, 4.69) is 24.3 Å². The minimum atomic E-state index is -3.64. The van der Waals surface area contributed by atoms with Crippen molar-refractivity contribution in [3.05, 3.63) is 59.7 Å². The zero-order chi connectivity index (χ0) is 17.5. The summed E-state index contributed by atoms with van der Waals surface area (Å²) in [5.41, 5.74) is 2.94. The molecule has 2 aliphatic carbocycles. The first-order chi connectivity index (χ1) is 10.7. The highest BCUT2D eigenvalue weighted by Gasteiger charge is 2.09. The summed E-state index contributed by atoms with van der Waals surface area (Å²) in [6.45, 7) is 3.06. The van der Waals surface area contributed by atoms with E-state index in [9.17, 15) is 13.2 Å². The molecule has 0 unspecified atom stereocenters. The summed E-state index contributed by atoms with van der Waals surface area (Å²) in [6.07, 6.45) is 9.90. The van der Waals surface area contributed by atoms with Gasteiger partial charge < -0.3 is 9.53 Å². The Kier molecular flexibility index (Phi) is 7.26. The molecule has 0 saturated heterocycles. The van der Waals surface area contributed by atoms with Crippen LogP contribution in [-0.2, 0) is 13.8 Å². The van der Waals surface area contributed by atoms with Crippen molar-refractivity contribution in [1.29, 1.82) is 0 Å². The molecule has 0 aromatic heterocycles. The number of carbonyl (C=O) groups excluding carboxylic acids is 1. The molecule has 2 bridgehead atoms. The Morgan fingerprint density at radius 2 is 1.65 bits per heavy atom. The molecule has 4 nitrogen and oxygen atoms in total. The molecule has 1 aromatic carbocycles. The first-order valence-electron chi connectivity index (χ1n) is 6.86. The molecular weight excluding hydrogens is 336 g/mol. The van der Waals surface area contributed by atoms with Gasteiger partial charge in [0.1, 0.15) is 11.5 Å². The van der Waals surface area contributed by atoms with Gasteiger partial charge in [0.15, 0.2) is 0 Å². The highest BCUT2D eigenvalue weighted by atomic mass is 35.7. The molecule has 0 radical (unpaired) electrons. The maximum absolute atomic E-state index is 10.8. The Balaban J connectivity index is 0.000000201. The van der Waals surface area contributed by atoms with Crippen molar-refractivity contribution in [2.75, 3.05) is 7.11 Å². The molecule has 0 spiro atoms. The molecule has 0 heterocycles. The van der Waals surface area contributed by atoms with Gasteiger partial charge in [0.2, 0.25) is 0 Å². The van der Waals surface area contributed by atoms with Crippen molar-refractivity contribution in [1.82, 2.24) is 0 Å². The van der Waals surface area contributed by atoms with Crippen LogP contribution in [0.25, 0.3) is 0 Å².